The largest absolute Gasteiger partial charge is 0.480 e. The molecule has 1 fully saturated rings. The summed E-state index contributed by atoms with van der Waals surface area (Å²) in [6, 6.07) is 3.99. The normalized spacial score (nSPS) is 24.5. The zero-order valence-corrected chi connectivity index (χ0v) is 17.1. The summed E-state index contributed by atoms with van der Waals surface area (Å²) in [5.41, 5.74) is 5.25. The molecule has 3 aromatic rings. The van der Waals surface area contributed by atoms with Crippen molar-refractivity contribution in [3.63, 3.8) is 0 Å². The molecule has 0 radical (unpaired) electrons. The van der Waals surface area contributed by atoms with E-state index >= 15 is 0 Å². The van der Waals surface area contributed by atoms with Crippen LogP contribution >= 0.6 is 11.8 Å². The second-order valence-electron chi connectivity index (χ2n) is 7.39. The molecule has 0 unspecified atom stereocenters. The van der Waals surface area contributed by atoms with Gasteiger partial charge in [0.1, 0.15) is 17.7 Å². The number of thioether (sulfide) groups is 1. The van der Waals surface area contributed by atoms with Gasteiger partial charge >= 0.3 is 0 Å². The molecular formula is C20H17F3N6OS. The lowest BCUT2D eigenvalue weighted by molar-refractivity contribution is 0.269. The molecular weight excluding hydrogens is 429 g/mol. The van der Waals surface area contributed by atoms with Crippen LogP contribution in [0.3, 0.4) is 0 Å². The maximum absolute atomic E-state index is 14.9. The van der Waals surface area contributed by atoms with Crippen LogP contribution in [0.25, 0.3) is 11.0 Å². The smallest absolute Gasteiger partial charge is 0.232 e. The van der Waals surface area contributed by atoms with Crippen molar-refractivity contribution in [2.75, 3.05) is 19.1 Å². The number of benzene rings is 1. The molecule has 1 saturated carbocycles. The number of aromatic nitrogens is 3. The van der Waals surface area contributed by atoms with E-state index in [9.17, 15) is 13.2 Å². The molecule has 2 aromatic heterocycles. The average Bonchev–Trinajstić information content (AvgIpc) is 3.55. The number of ether oxygens (including phenoxy) is 1. The van der Waals surface area contributed by atoms with Crippen molar-refractivity contribution in [2.24, 2.45) is 16.6 Å². The van der Waals surface area contributed by atoms with E-state index in [4.69, 9.17) is 10.5 Å². The zero-order chi connectivity index (χ0) is 21.8. The van der Waals surface area contributed by atoms with E-state index in [1.165, 1.54) is 37.3 Å². The summed E-state index contributed by atoms with van der Waals surface area (Å²) in [6.07, 6.45) is 3.56. The van der Waals surface area contributed by atoms with Gasteiger partial charge in [-0.3, -0.25) is 0 Å². The van der Waals surface area contributed by atoms with E-state index < -0.39 is 23.8 Å². The van der Waals surface area contributed by atoms with E-state index in [1.807, 2.05) is 0 Å². The maximum Gasteiger partial charge on any atom is 0.232 e. The Bertz CT molecular complexity index is 1220. The number of alkyl halides is 1. The summed E-state index contributed by atoms with van der Waals surface area (Å²) in [5, 5.41) is 3.17. The van der Waals surface area contributed by atoms with Crippen LogP contribution in [-0.2, 0) is 5.54 Å². The van der Waals surface area contributed by atoms with Crippen molar-refractivity contribution in [1.29, 1.82) is 0 Å². The lowest BCUT2D eigenvalue weighted by atomic mass is 9.85. The highest BCUT2D eigenvalue weighted by molar-refractivity contribution is 8.14. The van der Waals surface area contributed by atoms with Crippen molar-refractivity contribution in [3.05, 3.63) is 47.8 Å². The first-order chi connectivity index (χ1) is 14.9. The second kappa shape index (κ2) is 7.26. The SMILES string of the molecule is COc1cnc2c(Nc3cc(F)c(F)c([C@@]4(CF)N=C(N)S[C@H]5C[C@H]54)c3)nccc2n1. The molecule has 1 aliphatic carbocycles. The van der Waals surface area contributed by atoms with Gasteiger partial charge in [-0.05, 0) is 18.6 Å². The molecule has 160 valence electrons. The number of amidine groups is 1. The fraction of sp³-hybridized carbons (Fsp3) is 0.300. The van der Waals surface area contributed by atoms with Crippen LogP contribution in [0.2, 0.25) is 0 Å². The number of pyridine rings is 1. The van der Waals surface area contributed by atoms with Gasteiger partial charge in [0, 0.05) is 34.7 Å². The topological polar surface area (TPSA) is 98.3 Å². The van der Waals surface area contributed by atoms with Gasteiger partial charge in [0.2, 0.25) is 5.88 Å². The van der Waals surface area contributed by atoms with Crippen LogP contribution in [0.15, 0.2) is 35.6 Å². The van der Waals surface area contributed by atoms with E-state index in [1.54, 1.807) is 6.07 Å². The number of hydrogen-bond donors (Lipinski definition) is 2. The highest BCUT2D eigenvalue weighted by Gasteiger charge is 2.58. The standard InChI is InChI=1S/C20H17F3N6OS/c1-30-15-7-26-17-13(28-15)2-3-25-18(17)27-9-4-11(16(23)12(22)5-9)20(8-21)10-6-14(10)31-19(24)29-20/h2-5,7,10,14H,6,8H2,1H3,(H2,24,29)(H,25,27)/t10-,14+,20+/m1/s1. The third-order valence-electron chi connectivity index (χ3n) is 5.54. The number of methoxy groups -OCH3 is 1. The molecule has 7 nitrogen and oxygen atoms in total. The number of halogens is 3. The number of rotatable bonds is 5. The third kappa shape index (κ3) is 3.23. The molecule has 3 heterocycles. The molecule has 0 bridgehead atoms. The summed E-state index contributed by atoms with van der Waals surface area (Å²) >= 11 is 1.34. The summed E-state index contributed by atoms with van der Waals surface area (Å²) in [5.74, 6) is -1.88. The summed E-state index contributed by atoms with van der Waals surface area (Å²) < 4.78 is 48.8. The maximum atomic E-state index is 14.9. The van der Waals surface area contributed by atoms with Gasteiger partial charge in [-0.15, -0.1) is 0 Å². The van der Waals surface area contributed by atoms with Crippen molar-refractivity contribution >= 4 is 39.5 Å². The Morgan fingerprint density at radius 3 is 2.94 bits per heavy atom. The summed E-state index contributed by atoms with van der Waals surface area (Å²) in [7, 11) is 1.48. The third-order valence-corrected chi connectivity index (χ3v) is 6.69. The molecule has 1 aliphatic heterocycles. The van der Waals surface area contributed by atoms with Crippen molar-refractivity contribution in [3.8, 4) is 5.88 Å². The van der Waals surface area contributed by atoms with Crippen LogP contribution in [0.4, 0.5) is 24.7 Å². The average molecular weight is 446 g/mol. The Morgan fingerprint density at radius 1 is 1.32 bits per heavy atom. The number of anilines is 2. The first-order valence-electron chi connectivity index (χ1n) is 9.45. The lowest BCUT2D eigenvalue weighted by Crippen LogP contribution is -2.37. The van der Waals surface area contributed by atoms with Gasteiger partial charge in [0.05, 0.1) is 18.8 Å². The zero-order valence-electron chi connectivity index (χ0n) is 16.3. The molecule has 31 heavy (non-hydrogen) atoms. The Balaban J connectivity index is 1.59. The van der Waals surface area contributed by atoms with Gasteiger partial charge in [0.25, 0.3) is 0 Å². The highest BCUT2D eigenvalue weighted by atomic mass is 32.2. The van der Waals surface area contributed by atoms with Crippen LogP contribution in [0, 0.1) is 17.6 Å². The molecule has 11 heteroatoms. The summed E-state index contributed by atoms with van der Waals surface area (Å²) in [6.45, 7) is -0.979. The van der Waals surface area contributed by atoms with Crippen LogP contribution in [-0.4, -0.2) is 39.2 Å². The first-order valence-corrected chi connectivity index (χ1v) is 10.3. The Labute approximate surface area is 179 Å². The molecule has 0 saturated heterocycles. The number of fused-ring (bicyclic) bond motifs is 2. The number of nitrogens with one attached hydrogen (secondary N) is 1. The van der Waals surface area contributed by atoms with Gasteiger partial charge in [-0.1, -0.05) is 11.8 Å². The van der Waals surface area contributed by atoms with E-state index in [0.29, 0.717) is 23.3 Å². The molecule has 2 aliphatic rings. The van der Waals surface area contributed by atoms with E-state index in [0.717, 1.165) is 6.07 Å². The second-order valence-corrected chi connectivity index (χ2v) is 8.65. The quantitative estimate of drug-likeness (QED) is 0.617. The lowest BCUT2D eigenvalue weighted by Gasteiger charge is -2.31. The Morgan fingerprint density at radius 2 is 2.16 bits per heavy atom. The molecule has 5 rings (SSSR count). The molecule has 3 atom stereocenters. The summed E-state index contributed by atoms with van der Waals surface area (Å²) in [4.78, 5) is 17.0. The fourth-order valence-electron chi connectivity index (χ4n) is 3.96. The van der Waals surface area contributed by atoms with Gasteiger partial charge < -0.3 is 15.8 Å². The van der Waals surface area contributed by atoms with Crippen LogP contribution < -0.4 is 15.8 Å². The molecule has 0 spiro atoms. The molecule has 0 amide bonds. The fourth-order valence-corrected chi connectivity index (χ4v) is 5.18. The van der Waals surface area contributed by atoms with Crippen molar-refractivity contribution < 1.29 is 17.9 Å². The predicted molar refractivity (Wildman–Crippen MR) is 112 cm³/mol. The van der Waals surface area contributed by atoms with Crippen molar-refractivity contribution in [2.45, 2.75) is 17.2 Å². The van der Waals surface area contributed by atoms with Gasteiger partial charge in [0.15, 0.2) is 22.6 Å². The molecule has 3 N–H and O–H groups in total. The predicted octanol–water partition coefficient (Wildman–Crippen LogP) is 3.67. The first kappa shape index (κ1) is 19.9. The minimum absolute atomic E-state index is 0.0531. The number of nitrogens with two attached hydrogens (primary N) is 1. The highest BCUT2D eigenvalue weighted by Crippen LogP contribution is 2.58. The number of aliphatic imine (C=N–C) groups is 1. The van der Waals surface area contributed by atoms with Gasteiger partial charge in [-0.2, -0.15) is 0 Å². The monoisotopic (exact) mass is 446 g/mol. The van der Waals surface area contributed by atoms with Gasteiger partial charge in [-0.25, -0.2) is 33.1 Å². The van der Waals surface area contributed by atoms with Crippen LogP contribution in [0.1, 0.15) is 12.0 Å². The van der Waals surface area contributed by atoms with E-state index in [-0.39, 0.29) is 33.4 Å². The minimum Gasteiger partial charge on any atom is -0.480 e. The van der Waals surface area contributed by atoms with Crippen LogP contribution in [0.5, 0.6) is 5.88 Å². The Hall–Kier alpha value is -3.08. The van der Waals surface area contributed by atoms with E-state index in [2.05, 4.69) is 25.3 Å². The Kier molecular flexibility index (Phi) is 4.65. The minimum atomic E-state index is -1.54. The van der Waals surface area contributed by atoms with Crippen molar-refractivity contribution in [1.82, 2.24) is 15.0 Å². The molecule has 1 aromatic carbocycles. The number of hydrogen-bond acceptors (Lipinski definition) is 8. The number of nitrogens with zero attached hydrogens (tertiary/aromatic N) is 4.